The maximum atomic E-state index is 8.80. The number of aliphatic hydroxyl groups excluding tert-OH is 1. The molecule has 0 atom stereocenters. The summed E-state index contributed by atoms with van der Waals surface area (Å²) >= 11 is 0. The lowest BCUT2D eigenvalue weighted by Crippen LogP contribution is -2.29. The topological polar surface area (TPSA) is 32.7 Å². The van der Waals surface area contributed by atoms with Crippen LogP contribution in [0.2, 0.25) is 0 Å². The Morgan fingerprint density at radius 2 is 2.05 bits per heavy atom. The molecule has 0 bridgehead atoms. The zero-order valence-corrected chi connectivity index (χ0v) is 13.1. The Hall–Kier alpha value is -1.32. The molecule has 0 radical (unpaired) electrons. The van der Waals surface area contributed by atoms with Crippen LogP contribution in [0.1, 0.15) is 38.2 Å². The van der Waals surface area contributed by atoms with E-state index in [1.165, 1.54) is 17.6 Å². The molecule has 21 heavy (non-hydrogen) atoms. The van der Waals surface area contributed by atoms with Gasteiger partial charge in [0.25, 0.3) is 0 Å². The summed E-state index contributed by atoms with van der Waals surface area (Å²) in [5, 5.41) is 8.80. The molecule has 0 fully saturated rings. The average Bonchev–Trinajstić information content (AvgIpc) is 2.53. The minimum Gasteiger partial charge on any atom is -0.493 e. The van der Waals surface area contributed by atoms with Crippen LogP contribution in [0.25, 0.3) is 5.57 Å². The van der Waals surface area contributed by atoms with Crippen LogP contribution >= 0.6 is 0 Å². The Bertz CT molecular complexity index is 456. The van der Waals surface area contributed by atoms with Gasteiger partial charge in [0.15, 0.2) is 0 Å². The quantitative estimate of drug-likeness (QED) is 0.745. The fourth-order valence-electron chi connectivity index (χ4n) is 2.80. The fraction of sp³-hybridized carbons (Fsp3) is 0.556. The van der Waals surface area contributed by atoms with Crippen LogP contribution in [-0.2, 0) is 0 Å². The summed E-state index contributed by atoms with van der Waals surface area (Å²) in [6.45, 7) is 6.33. The molecule has 0 saturated heterocycles. The summed E-state index contributed by atoms with van der Waals surface area (Å²) in [5.74, 6) is 1.00. The zero-order chi connectivity index (χ0) is 14.9. The van der Waals surface area contributed by atoms with Crippen molar-refractivity contribution >= 4 is 5.57 Å². The van der Waals surface area contributed by atoms with Gasteiger partial charge in [-0.1, -0.05) is 24.3 Å². The molecule has 3 heteroatoms. The molecule has 1 N–H and O–H groups in total. The number of ether oxygens (including phenoxy) is 1. The average molecular weight is 289 g/mol. The van der Waals surface area contributed by atoms with Gasteiger partial charge in [-0.05, 0) is 50.8 Å². The molecule has 1 aliphatic heterocycles. The summed E-state index contributed by atoms with van der Waals surface area (Å²) in [6.07, 6.45) is 6.66. The lowest BCUT2D eigenvalue weighted by atomic mass is 9.98. The minimum absolute atomic E-state index is 0.318. The van der Waals surface area contributed by atoms with Crippen LogP contribution in [0, 0.1) is 0 Å². The highest BCUT2D eigenvalue weighted by atomic mass is 16.5. The van der Waals surface area contributed by atoms with E-state index < -0.39 is 0 Å². The van der Waals surface area contributed by atoms with E-state index >= 15 is 0 Å². The molecule has 1 aliphatic rings. The first-order valence-electron chi connectivity index (χ1n) is 8.09. The molecule has 1 heterocycles. The smallest absolute Gasteiger partial charge is 0.126 e. The highest BCUT2D eigenvalue weighted by Crippen LogP contribution is 2.30. The normalized spacial score (nSPS) is 15.8. The molecular weight excluding hydrogens is 262 g/mol. The summed E-state index contributed by atoms with van der Waals surface area (Å²) in [6, 6.07) is 8.33. The zero-order valence-electron chi connectivity index (χ0n) is 13.1. The number of unbranched alkanes of at least 4 members (excludes halogenated alkanes) is 2. The predicted molar refractivity (Wildman–Crippen MR) is 87.6 cm³/mol. The van der Waals surface area contributed by atoms with E-state index in [0.717, 1.165) is 44.6 Å². The summed E-state index contributed by atoms with van der Waals surface area (Å²) < 4.78 is 5.73. The van der Waals surface area contributed by atoms with Crippen LogP contribution in [0.4, 0.5) is 0 Å². The SMILES string of the molecule is CCOc1ccccc1C1=CCN(CCCCCO)CC1. The summed E-state index contributed by atoms with van der Waals surface area (Å²) in [4.78, 5) is 2.49. The van der Waals surface area contributed by atoms with Crippen molar-refractivity contribution in [2.24, 2.45) is 0 Å². The molecule has 2 rings (SSSR count). The van der Waals surface area contributed by atoms with E-state index in [4.69, 9.17) is 9.84 Å². The Morgan fingerprint density at radius 3 is 2.76 bits per heavy atom. The van der Waals surface area contributed by atoms with Crippen molar-refractivity contribution in [3.63, 3.8) is 0 Å². The van der Waals surface area contributed by atoms with Gasteiger partial charge in [-0.25, -0.2) is 0 Å². The van der Waals surface area contributed by atoms with E-state index in [1.807, 2.05) is 13.0 Å². The number of para-hydroxylation sites is 1. The third kappa shape index (κ3) is 4.87. The van der Waals surface area contributed by atoms with E-state index in [1.54, 1.807) is 0 Å². The van der Waals surface area contributed by atoms with Gasteiger partial charge >= 0.3 is 0 Å². The first-order chi connectivity index (χ1) is 10.3. The van der Waals surface area contributed by atoms with E-state index in [0.29, 0.717) is 13.2 Å². The van der Waals surface area contributed by atoms with Crippen LogP contribution in [0.5, 0.6) is 5.75 Å². The van der Waals surface area contributed by atoms with Gasteiger partial charge in [0.1, 0.15) is 5.75 Å². The number of hydrogen-bond acceptors (Lipinski definition) is 3. The Kier molecular flexibility index (Phi) is 6.77. The van der Waals surface area contributed by atoms with Crippen LogP contribution in [0.15, 0.2) is 30.3 Å². The minimum atomic E-state index is 0.318. The Labute approximate surface area is 128 Å². The lowest BCUT2D eigenvalue weighted by Gasteiger charge is -2.27. The van der Waals surface area contributed by atoms with Gasteiger partial charge in [0, 0.05) is 25.3 Å². The van der Waals surface area contributed by atoms with Gasteiger partial charge in [-0.2, -0.15) is 0 Å². The maximum absolute atomic E-state index is 8.80. The van der Waals surface area contributed by atoms with Gasteiger partial charge in [-0.3, -0.25) is 4.90 Å². The number of nitrogens with zero attached hydrogens (tertiary/aromatic N) is 1. The first kappa shape index (κ1) is 16.1. The molecule has 3 nitrogen and oxygen atoms in total. The van der Waals surface area contributed by atoms with Gasteiger partial charge in [0.05, 0.1) is 6.61 Å². The van der Waals surface area contributed by atoms with Gasteiger partial charge in [-0.15, -0.1) is 0 Å². The second kappa shape index (κ2) is 8.85. The van der Waals surface area contributed by atoms with E-state index in [2.05, 4.69) is 29.2 Å². The largest absolute Gasteiger partial charge is 0.493 e. The summed E-state index contributed by atoms with van der Waals surface area (Å²) in [5.41, 5.74) is 2.66. The van der Waals surface area contributed by atoms with Crippen molar-refractivity contribution in [1.82, 2.24) is 4.90 Å². The van der Waals surface area contributed by atoms with Crippen LogP contribution < -0.4 is 4.74 Å². The molecule has 1 aromatic rings. The molecule has 0 aromatic heterocycles. The maximum Gasteiger partial charge on any atom is 0.126 e. The summed E-state index contributed by atoms with van der Waals surface area (Å²) in [7, 11) is 0. The molecule has 0 saturated carbocycles. The van der Waals surface area contributed by atoms with E-state index in [9.17, 15) is 0 Å². The van der Waals surface area contributed by atoms with Crippen molar-refractivity contribution in [2.45, 2.75) is 32.6 Å². The molecule has 1 aromatic carbocycles. The Morgan fingerprint density at radius 1 is 1.19 bits per heavy atom. The van der Waals surface area contributed by atoms with Crippen molar-refractivity contribution in [3.05, 3.63) is 35.9 Å². The number of hydrogen-bond donors (Lipinski definition) is 1. The van der Waals surface area contributed by atoms with Crippen molar-refractivity contribution in [1.29, 1.82) is 0 Å². The predicted octanol–water partition coefficient (Wildman–Crippen LogP) is 3.34. The number of rotatable bonds is 8. The second-order valence-electron chi connectivity index (χ2n) is 5.49. The van der Waals surface area contributed by atoms with Crippen LogP contribution in [-0.4, -0.2) is 42.9 Å². The number of aliphatic hydroxyl groups is 1. The molecule has 0 spiro atoms. The molecule has 0 amide bonds. The molecule has 0 aliphatic carbocycles. The highest BCUT2D eigenvalue weighted by Gasteiger charge is 2.15. The number of benzene rings is 1. The molecular formula is C18H27NO2. The van der Waals surface area contributed by atoms with Crippen molar-refractivity contribution < 1.29 is 9.84 Å². The standard InChI is InChI=1S/C18H27NO2/c1-2-21-18-9-5-4-8-17(18)16-10-13-19(14-11-16)12-6-3-7-15-20/h4-5,8-10,20H,2-3,6-7,11-15H2,1H3. The van der Waals surface area contributed by atoms with Crippen molar-refractivity contribution in [2.75, 3.05) is 32.8 Å². The third-order valence-electron chi connectivity index (χ3n) is 3.96. The monoisotopic (exact) mass is 289 g/mol. The molecule has 0 unspecified atom stereocenters. The third-order valence-corrected chi connectivity index (χ3v) is 3.96. The van der Waals surface area contributed by atoms with Crippen molar-refractivity contribution in [3.8, 4) is 5.75 Å². The second-order valence-corrected chi connectivity index (χ2v) is 5.49. The first-order valence-corrected chi connectivity index (χ1v) is 8.09. The highest BCUT2D eigenvalue weighted by molar-refractivity contribution is 5.71. The van der Waals surface area contributed by atoms with Gasteiger partial charge < -0.3 is 9.84 Å². The van der Waals surface area contributed by atoms with E-state index in [-0.39, 0.29) is 0 Å². The Balaban J connectivity index is 1.90. The molecule has 116 valence electrons. The lowest BCUT2D eigenvalue weighted by molar-refractivity contribution is 0.265. The van der Waals surface area contributed by atoms with Crippen LogP contribution in [0.3, 0.4) is 0 Å². The fourth-order valence-corrected chi connectivity index (χ4v) is 2.80. The van der Waals surface area contributed by atoms with Gasteiger partial charge in [0.2, 0.25) is 0 Å².